The zero-order valence-electron chi connectivity index (χ0n) is 18.6. The average Bonchev–Trinajstić information content (AvgIpc) is 2.85. The third kappa shape index (κ3) is 5.21. The molecule has 0 saturated carbocycles. The van der Waals surface area contributed by atoms with Gasteiger partial charge in [-0.3, -0.25) is 4.79 Å². The minimum Gasteiger partial charge on any atom is -0.497 e. The van der Waals surface area contributed by atoms with Crippen molar-refractivity contribution in [2.75, 3.05) is 50.7 Å². The van der Waals surface area contributed by atoms with Gasteiger partial charge in [0.05, 0.1) is 31.6 Å². The molecule has 0 atom stereocenters. The van der Waals surface area contributed by atoms with Crippen LogP contribution in [0.15, 0.2) is 72.8 Å². The number of nitrogens with zero attached hydrogens (tertiary/aromatic N) is 2. The fraction of sp³-hybridized carbons (Fsp3) is 0.269. The zero-order chi connectivity index (χ0) is 22.3. The first-order valence-corrected chi connectivity index (χ1v) is 10.8. The normalized spacial score (nSPS) is 13.5. The first-order valence-electron chi connectivity index (χ1n) is 10.8. The molecule has 1 fully saturated rings. The zero-order valence-corrected chi connectivity index (χ0v) is 18.6. The van der Waals surface area contributed by atoms with Crippen molar-refractivity contribution in [1.82, 2.24) is 4.90 Å². The van der Waals surface area contributed by atoms with Crippen LogP contribution in [-0.4, -0.2) is 51.3 Å². The van der Waals surface area contributed by atoms with E-state index in [0.29, 0.717) is 12.1 Å². The van der Waals surface area contributed by atoms with Crippen LogP contribution in [0.2, 0.25) is 0 Å². The van der Waals surface area contributed by atoms with Crippen molar-refractivity contribution in [2.24, 2.45) is 0 Å². The quantitative estimate of drug-likeness (QED) is 0.595. The van der Waals surface area contributed by atoms with E-state index in [9.17, 15) is 4.79 Å². The van der Waals surface area contributed by atoms with Crippen LogP contribution in [-0.2, 0) is 11.3 Å². The molecular weight excluding hydrogens is 402 g/mol. The van der Waals surface area contributed by atoms with Gasteiger partial charge in [-0.15, -0.1) is 0 Å². The largest absolute Gasteiger partial charge is 0.497 e. The number of rotatable bonds is 7. The second-order valence-electron chi connectivity index (χ2n) is 7.83. The summed E-state index contributed by atoms with van der Waals surface area (Å²) in [7, 11) is 3.48. The molecule has 0 radical (unpaired) electrons. The highest BCUT2D eigenvalue weighted by molar-refractivity contribution is 6.00. The number of carbonyl (C=O) groups excluding carboxylic acids is 1. The summed E-state index contributed by atoms with van der Waals surface area (Å²) in [6.45, 7) is 3.90. The number of amides is 1. The van der Waals surface area contributed by atoms with Gasteiger partial charge < -0.3 is 24.6 Å². The minimum atomic E-state index is -0.0288. The Kier molecular flexibility index (Phi) is 6.92. The maximum Gasteiger partial charge on any atom is 0.256 e. The number of hydrogen-bond acceptors (Lipinski definition) is 5. The van der Waals surface area contributed by atoms with Crippen LogP contribution in [0.4, 0.5) is 17.1 Å². The second-order valence-corrected chi connectivity index (χ2v) is 7.83. The van der Waals surface area contributed by atoms with Gasteiger partial charge in [-0.1, -0.05) is 24.3 Å². The lowest BCUT2D eigenvalue weighted by Crippen LogP contribution is -2.36. The van der Waals surface area contributed by atoms with Crippen molar-refractivity contribution >= 4 is 23.0 Å². The van der Waals surface area contributed by atoms with Gasteiger partial charge in [-0.2, -0.15) is 0 Å². The first-order chi connectivity index (χ1) is 15.6. The van der Waals surface area contributed by atoms with E-state index in [1.54, 1.807) is 12.0 Å². The molecule has 1 saturated heterocycles. The van der Waals surface area contributed by atoms with Gasteiger partial charge in [0.1, 0.15) is 5.75 Å². The van der Waals surface area contributed by atoms with Gasteiger partial charge in [0, 0.05) is 38.1 Å². The van der Waals surface area contributed by atoms with Crippen molar-refractivity contribution in [3.8, 4) is 5.75 Å². The molecule has 0 bridgehead atoms. The molecule has 4 rings (SSSR count). The van der Waals surface area contributed by atoms with Gasteiger partial charge >= 0.3 is 0 Å². The summed E-state index contributed by atoms with van der Waals surface area (Å²) in [4.78, 5) is 17.3. The molecule has 0 spiro atoms. The minimum absolute atomic E-state index is 0.0288. The van der Waals surface area contributed by atoms with E-state index < -0.39 is 0 Å². The number of nitrogens with one attached hydrogen (secondary N) is 1. The van der Waals surface area contributed by atoms with Crippen LogP contribution in [0.3, 0.4) is 0 Å². The van der Waals surface area contributed by atoms with Gasteiger partial charge in [-0.25, -0.2) is 0 Å². The predicted molar refractivity (Wildman–Crippen MR) is 128 cm³/mol. The number of morpholine rings is 1. The second kappa shape index (κ2) is 10.2. The fourth-order valence-corrected chi connectivity index (χ4v) is 3.79. The lowest BCUT2D eigenvalue weighted by atomic mass is 10.1. The van der Waals surface area contributed by atoms with E-state index >= 15 is 0 Å². The molecular formula is C26H29N3O3. The molecule has 166 valence electrons. The van der Waals surface area contributed by atoms with E-state index in [-0.39, 0.29) is 5.91 Å². The molecule has 6 heteroatoms. The van der Waals surface area contributed by atoms with E-state index in [2.05, 4.69) is 34.5 Å². The van der Waals surface area contributed by atoms with E-state index in [1.807, 2.05) is 55.6 Å². The molecule has 3 aromatic carbocycles. The Balaban J connectivity index is 1.43. The molecule has 1 aliphatic heterocycles. The van der Waals surface area contributed by atoms with Gasteiger partial charge in [-0.05, 0) is 54.1 Å². The summed E-state index contributed by atoms with van der Waals surface area (Å²) in [5.41, 5.74) is 4.60. The molecule has 32 heavy (non-hydrogen) atoms. The SMILES string of the molecule is COc1ccc(Nc2ccccc2C(=O)N(C)Cc2ccc(N3CCOCC3)cc2)cc1. The molecule has 1 amide bonds. The lowest BCUT2D eigenvalue weighted by molar-refractivity contribution is 0.0786. The molecule has 1 N–H and O–H groups in total. The predicted octanol–water partition coefficient (Wildman–Crippen LogP) is 4.55. The van der Waals surface area contributed by atoms with E-state index in [1.165, 1.54) is 5.69 Å². The fourth-order valence-electron chi connectivity index (χ4n) is 3.79. The standard InChI is InChI=1S/C26H29N3O3/c1-28(19-20-7-11-22(12-8-20)29-15-17-32-18-16-29)26(30)24-5-3-4-6-25(24)27-21-9-13-23(31-2)14-10-21/h3-14,27H,15-19H2,1-2H3. The van der Waals surface area contributed by atoms with Crippen LogP contribution in [0.25, 0.3) is 0 Å². The van der Waals surface area contributed by atoms with E-state index in [0.717, 1.165) is 49.0 Å². The topological polar surface area (TPSA) is 54.0 Å². The summed E-state index contributed by atoms with van der Waals surface area (Å²) in [6, 6.07) is 23.7. The highest BCUT2D eigenvalue weighted by Gasteiger charge is 2.17. The maximum absolute atomic E-state index is 13.2. The number of methoxy groups -OCH3 is 1. The number of para-hydroxylation sites is 1. The van der Waals surface area contributed by atoms with Crippen LogP contribution < -0.4 is 15.0 Å². The van der Waals surface area contributed by atoms with Gasteiger partial charge in [0.15, 0.2) is 0 Å². The molecule has 0 aromatic heterocycles. The Morgan fingerprint density at radius 3 is 2.38 bits per heavy atom. The van der Waals surface area contributed by atoms with Crippen LogP contribution >= 0.6 is 0 Å². The highest BCUT2D eigenvalue weighted by atomic mass is 16.5. The molecule has 0 unspecified atom stereocenters. The summed E-state index contributed by atoms with van der Waals surface area (Å²) in [5, 5.41) is 3.35. The maximum atomic E-state index is 13.2. The summed E-state index contributed by atoms with van der Waals surface area (Å²) < 4.78 is 10.6. The molecule has 3 aromatic rings. The van der Waals surface area contributed by atoms with Crippen LogP contribution in [0, 0.1) is 0 Å². The number of hydrogen-bond donors (Lipinski definition) is 1. The van der Waals surface area contributed by atoms with E-state index in [4.69, 9.17) is 9.47 Å². The van der Waals surface area contributed by atoms with Crippen molar-refractivity contribution < 1.29 is 14.3 Å². The first kappa shape index (κ1) is 21.7. The Morgan fingerprint density at radius 1 is 1.00 bits per heavy atom. The number of ether oxygens (including phenoxy) is 2. The Labute approximate surface area is 189 Å². The molecule has 0 aliphatic carbocycles. The van der Waals surface area contributed by atoms with Gasteiger partial charge in [0.2, 0.25) is 0 Å². The Hall–Kier alpha value is -3.51. The van der Waals surface area contributed by atoms with Crippen LogP contribution in [0.5, 0.6) is 5.75 Å². The Morgan fingerprint density at radius 2 is 1.69 bits per heavy atom. The summed E-state index contributed by atoms with van der Waals surface area (Å²) in [6.07, 6.45) is 0. The number of benzene rings is 3. The molecule has 6 nitrogen and oxygen atoms in total. The smallest absolute Gasteiger partial charge is 0.256 e. The lowest BCUT2D eigenvalue weighted by Gasteiger charge is -2.29. The van der Waals surface area contributed by atoms with Crippen molar-refractivity contribution in [3.05, 3.63) is 83.9 Å². The third-order valence-corrected chi connectivity index (χ3v) is 5.61. The van der Waals surface area contributed by atoms with Crippen molar-refractivity contribution in [3.63, 3.8) is 0 Å². The Bertz CT molecular complexity index is 1030. The summed E-state index contributed by atoms with van der Waals surface area (Å²) in [5.74, 6) is 0.762. The highest BCUT2D eigenvalue weighted by Crippen LogP contribution is 2.24. The summed E-state index contributed by atoms with van der Waals surface area (Å²) >= 11 is 0. The third-order valence-electron chi connectivity index (χ3n) is 5.61. The van der Waals surface area contributed by atoms with Crippen molar-refractivity contribution in [1.29, 1.82) is 0 Å². The van der Waals surface area contributed by atoms with Crippen LogP contribution in [0.1, 0.15) is 15.9 Å². The van der Waals surface area contributed by atoms with Crippen molar-refractivity contribution in [2.45, 2.75) is 6.54 Å². The number of anilines is 3. The average molecular weight is 432 g/mol. The van der Waals surface area contributed by atoms with Gasteiger partial charge in [0.25, 0.3) is 5.91 Å². The number of carbonyl (C=O) groups is 1. The molecule has 1 aliphatic rings. The monoisotopic (exact) mass is 431 g/mol. The molecule has 1 heterocycles.